The summed E-state index contributed by atoms with van der Waals surface area (Å²) < 4.78 is 1.15. The maximum Gasteiger partial charge on any atom is 0.346 e. The standard InChI is InChI=1S/C9H11NO2S2/c1-10-3-5-6(4-10)9(13-2)14-7(5)8(11)12/h3-4H2,1-2H3,(H,11,12). The van der Waals surface area contributed by atoms with Crippen LogP contribution in [0.25, 0.3) is 0 Å². The largest absolute Gasteiger partial charge is 0.477 e. The number of carboxylic acid groups (broad SMARTS) is 1. The van der Waals surface area contributed by atoms with Crippen molar-refractivity contribution in [2.75, 3.05) is 13.3 Å². The third kappa shape index (κ3) is 1.45. The van der Waals surface area contributed by atoms with Crippen molar-refractivity contribution in [2.45, 2.75) is 17.3 Å². The Kier molecular flexibility index (Phi) is 2.55. The van der Waals surface area contributed by atoms with E-state index in [0.717, 1.165) is 22.9 Å². The van der Waals surface area contributed by atoms with Crippen LogP contribution in [-0.2, 0) is 13.1 Å². The maximum absolute atomic E-state index is 11.0. The van der Waals surface area contributed by atoms with Crippen molar-refractivity contribution < 1.29 is 9.90 Å². The molecule has 76 valence electrons. The van der Waals surface area contributed by atoms with E-state index in [2.05, 4.69) is 4.90 Å². The Labute approximate surface area is 90.7 Å². The van der Waals surface area contributed by atoms with Crippen molar-refractivity contribution in [3.8, 4) is 0 Å². The van der Waals surface area contributed by atoms with Gasteiger partial charge >= 0.3 is 5.97 Å². The molecule has 3 nitrogen and oxygen atoms in total. The Hall–Kier alpha value is -0.520. The van der Waals surface area contributed by atoms with E-state index in [1.54, 1.807) is 11.8 Å². The lowest BCUT2D eigenvalue weighted by atomic mass is 10.2. The molecule has 0 fully saturated rings. The molecule has 1 aromatic heterocycles. The highest BCUT2D eigenvalue weighted by Gasteiger charge is 2.27. The minimum Gasteiger partial charge on any atom is -0.477 e. The van der Waals surface area contributed by atoms with E-state index in [4.69, 9.17) is 5.11 Å². The molecule has 1 N–H and O–H groups in total. The SMILES string of the molecule is CSc1sc(C(=O)O)c2c1CN(C)C2. The second-order valence-electron chi connectivity index (χ2n) is 3.36. The van der Waals surface area contributed by atoms with Crippen LogP contribution in [0.2, 0.25) is 0 Å². The highest BCUT2D eigenvalue weighted by Crippen LogP contribution is 2.39. The summed E-state index contributed by atoms with van der Waals surface area (Å²) in [5.74, 6) is -0.790. The number of nitrogens with zero attached hydrogens (tertiary/aromatic N) is 1. The molecular weight excluding hydrogens is 218 g/mol. The number of rotatable bonds is 2. The van der Waals surface area contributed by atoms with Crippen LogP contribution in [0.1, 0.15) is 20.8 Å². The first-order valence-electron chi connectivity index (χ1n) is 4.24. The number of thiophene rings is 1. The number of aromatic carboxylic acids is 1. The van der Waals surface area contributed by atoms with E-state index in [-0.39, 0.29) is 0 Å². The summed E-state index contributed by atoms with van der Waals surface area (Å²) in [5, 5.41) is 9.03. The van der Waals surface area contributed by atoms with E-state index in [0.29, 0.717) is 4.88 Å². The minimum atomic E-state index is -0.790. The van der Waals surface area contributed by atoms with Gasteiger partial charge in [0.1, 0.15) is 4.88 Å². The van der Waals surface area contributed by atoms with Gasteiger partial charge in [0.05, 0.1) is 4.21 Å². The second-order valence-corrected chi connectivity index (χ2v) is 5.45. The fraction of sp³-hybridized carbons (Fsp3) is 0.444. The molecule has 14 heavy (non-hydrogen) atoms. The molecule has 2 heterocycles. The van der Waals surface area contributed by atoms with Gasteiger partial charge in [-0.3, -0.25) is 4.90 Å². The van der Waals surface area contributed by atoms with Crippen LogP contribution in [0.15, 0.2) is 4.21 Å². The Morgan fingerprint density at radius 2 is 2.14 bits per heavy atom. The number of hydrogen-bond acceptors (Lipinski definition) is 4. The van der Waals surface area contributed by atoms with Gasteiger partial charge in [-0.15, -0.1) is 23.1 Å². The van der Waals surface area contributed by atoms with Crippen molar-refractivity contribution in [3.05, 3.63) is 16.0 Å². The van der Waals surface area contributed by atoms with E-state index in [1.165, 1.54) is 16.9 Å². The Balaban J connectivity index is 2.51. The smallest absolute Gasteiger partial charge is 0.346 e. The summed E-state index contributed by atoms with van der Waals surface area (Å²) in [7, 11) is 2.01. The molecule has 0 unspecified atom stereocenters. The van der Waals surface area contributed by atoms with E-state index in [1.807, 2.05) is 13.3 Å². The zero-order valence-corrected chi connectivity index (χ0v) is 9.67. The third-order valence-corrected chi connectivity index (χ3v) is 4.74. The third-order valence-electron chi connectivity index (χ3n) is 2.32. The monoisotopic (exact) mass is 229 g/mol. The summed E-state index contributed by atoms with van der Waals surface area (Å²) in [6, 6.07) is 0. The second kappa shape index (κ2) is 3.56. The molecule has 0 atom stereocenters. The zero-order valence-electron chi connectivity index (χ0n) is 8.03. The molecule has 2 rings (SSSR count). The van der Waals surface area contributed by atoms with Crippen molar-refractivity contribution in [2.24, 2.45) is 0 Å². The zero-order chi connectivity index (χ0) is 10.3. The van der Waals surface area contributed by atoms with Gasteiger partial charge in [-0.2, -0.15) is 0 Å². The highest BCUT2D eigenvalue weighted by atomic mass is 32.2. The van der Waals surface area contributed by atoms with Crippen LogP contribution in [-0.4, -0.2) is 29.3 Å². The summed E-state index contributed by atoms with van der Waals surface area (Å²) in [6.07, 6.45) is 2.00. The van der Waals surface area contributed by atoms with Gasteiger partial charge in [-0.25, -0.2) is 4.79 Å². The summed E-state index contributed by atoms with van der Waals surface area (Å²) >= 11 is 3.05. The van der Waals surface area contributed by atoms with Crippen LogP contribution in [0.3, 0.4) is 0 Å². The lowest BCUT2D eigenvalue weighted by molar-refractivity contribution is 0.0701. The van der Waals surface area contributed by atoms with Crippen molar-refractivity contribution in [3.63, 3.8) is 0 Å². The summed E-state index contributed by atoms with van der Waals surface area (Å²) in [5.41, 5.74) is 2.25. The van der Waals surface area contributed by atoms with Crippen LogP contribution in [0, 0.1) is 0 Å². The number of fused-ring (bicyclic) bond motifs is 1. The van der Waals surface area contributed by atoms with Gasteiger partial charge in [0.15, 0.2) is 0 Å². The Morgan fingerprint density at radius 1 is 1.50 bits per heavy atom. The first kappa shape index (κ1) is 10.0. The Morgan fingerprint density at radius 3 is 2.71 bits per heavy atom. The fourth-order valence-corrected chi connectivity index (χ4v) is 3.65. The normalized spacial score (nSPS) is 15.9. The molecule has 1 aliphatic heterocycles. The molecule has 0 radical (unpaired) electrons. The lowest BCUT2D eigenvalue weighted by Crippen LogP contribution is -2.09. The number of carboxylic acids is 1. The average Bonchev–Trinajstić information content (AvgIpc) is 2.60. The van der Waals surface area contributed by atoms with Crippen molar-refractivity contribution in [1.29, 1.82) is 0 Å². The van der Waals surface area contributed by atoms with Crippen LogP contribution in [0.5, 0.6) is 0 Å². The van der Waals surface area contributed by atoms with Crippen LogP contribution in [0.4, 0.5) is 0 Å². The van der Waals surface area contributed by atoms with Gasteiger partial charge in [-0.1, -0.05) is 0 Å². The minimum absolute atomic E-state index is 0.522. The van der Waals surface area contributed by atoms with Crippen LogP contribution >= 0.6 is 23.1 Å². The highest BCUT2D eigenvalue weighted by molar-refractivity contribution is 8.00. The van der Waals surface area contributed by atoms with Gasteiger partial charge in [0, 0.05) is 13.1 Å². The Bertz CT molecular complexity index is 386. The fourth-order valence-electron chi connectivity index (χ4n) is 1.74. The molecular formula is C9H11NO2S2. The predicted molar refractivity (Wildman–Crippen MR) is 58.2 cm³/mol. The van der Waals surface area contributed by atoms with Gasteiger partial charge in [0.2, 0.25) is 0 Å². The first-order valence-corrected chi connectivity index (χ1v) is 6.28. The van der Waals surface area contributed by atoms with Crippen LogP contribution < -0.4 is 0 Å². The number of hydrogen-bond donors (Lipinski definition) is 1. The summed E-state index contributed by atoms with van der Waals surface area (Å²) in [6.45, 7) is 1.66. The topological polar surface area (TPSA) is 40.5 Å². The molecule has 0 spiro atoms. The first-order chi connectivity index (χ1) is 6.63. The van der Waals surface area contributed by atoms with Crippen molar-refractivity contribution in [1.82, 2.24) is 4.90 Å². The quantitative estimate of drug-likeness (QED) is 0.789. The molecule has 1 aliphatic rings. The molecule has 0 aromatic carbocycles. The lowest BCUT2D eigenvalue weighted by Gasteiger charge is -2.05. The van der Waals surface area contributed by atoms with Gasteiger partial charge < -0.3 is 5.11 Å². The van der Waals surface area contributed by atoms with Gasteiger partial charge in [-0.05, 0) is 24.4 Å². The molecule has 5 heteroatoms. The average molecular weight is 229 g/mol. The number of carbonyl (C=O) groups is 1. The summed E-state index contributed by atoms with van der Waals surface area (Å²) in [4.78, 5) is 13.6. The van der Waals surface area contributed by atoms with E-state index in [9.17, 15) is 4.79 Å². The molecule has 0 aliphatic carbocycles. The molecule has 0 amide bonds. The van der Waals surface area contributed by atoms with Gasteiger partial charge in [0.25, 0.3) is 0 Å². The molecule has 0 saturated heterocycles. The molecule has 1 aromatic rings. The molecule has 0 bridgehead atoms. The van der Waals surface area contributed by atoms with E-state index < -0.39 is 5.97 Å². The molecule has 0 saturated carbocycles. The van der Waals surface area contributed by atoms with E-state index >= 15 is 0 Å². The van der Waals surface area contributed by atoms with Crippen molar-refractivity contribution >= 4 is 29.1 Å². The predicted octanol–water partition coefficient (Wildman–Crippen LogP) is 2.11. The maximum atomic E-state index is 11.0. The number of thioether (sulfide) groups is 1.